The lowest BCUT2D eigenvalue weighted by Gasteiger charge is -2.21. The number of amides is 1. The first kappa shape index (κ1) is 27.7. The van der Waals surface area contributed by atoms with E-state index in [-0.39, 0.29) is 5.56 Å². The van der Waals surface area contributed by atoms with Crippen LogP contribution in [-0.2, 0) is 4.79 Å². The van der Waals surface area contributed by atoms with Crippen LogP contribution in [0, 0.1) is 19.7 Å². The molecule has 1 amide bonds. The molecule has 0 saturated carbocycles. The van der Waals surface area contributed by atoms with Gasteiger partial charge in [-0.1, -0.05) is 36.8 Å². The van der Waals surface area contributed by atoms with Gasteiger partial charge in [-0.15, -0.1) is 10.2 Å². The number of hydrogen-bond acceptors (Lipinski definition) is 7. The Morgan fingerprint density at radius 2 is 1.95 bits per heavy atom. The molecule has 2 aromatic carbocycles. The molecule has 0 unspecified atom stereocenters. The first-order valence-corrected chi connectivity index (χ1v) is 13.7. The van der Waals surface area contributed by atoms with Crippen molar-refractivity contribution in [1.82, 2.24) is 15.1 Å². The Hall–Kier alpha value is -3.37. The van der Waals surface area contributed by atoms with Gasteiger partial charge in [0, 0.05) is 18.7 Å². The zero-order valence-corrected chi connectivity index (χ0v) is 22.8. The van der Waals surface area contributed by atoms with E-state index in [2.05, 4.69) is 10.2 Å². The Bertz CT molecular complexity index is 1270. The molecule has 2 heterocycles. The molecule has 1 N–H and O–H groups in total. The number of ether oxygens (including phenoxy) is 1. The zero-order valence-electron chi connectivity index (χ0n) is 21.9. The SMILES string of the molecule is CCCCN(C(=O)c1ccccc1F)c1nnc(-c2cc(C)c(OCCN3CCC[C@H]3C(=O)O)c(C)c2)s1. The lowest BCUT2D eigenvalue weighted by molar-refractivity contribution is -0.142. The van der Waals surface area contributed by atoms with Crippen molar-refractivity contribution in [3.8, 4) is 16.3 Å². The highest BCUT2D eigenvalue weighted by Gasteiger charge is 2.30. The van der Waals surface area contributed by atoms with Crippen molar-refractivity contribution in [2.75, 3.05) is 31.1 Å². The van der Waals surface area contributed by atoms with Gasteiger partial charge >= 0.3 is 5.97 Å². The molecule has 1 aliphatic heterocycles. The third-order valence-corrected chi connectivity index (χ3v) is 7.71. The average Bonchev–Trinajstić information content (AvgIpc) is 3.56. The van der Waals surface area contributed by atoms with E-state index >= 15 is 0 Å². The zero-order chi connectivity index (χ0) is 27.2. The number of unbranched alkanes of at least 4 members (excludes halogenated alkanes) is 1. The van der Waals surface area contributed by atoms with Crippen molar-refractivity contribution in [1.29, 1.82) is 0 Å². The normalized spacial score (nSPS) is 15.5. The first-order chi connectivity index (χ1) is 18.3. The topological polar surface area (TPSA) is 95.9 Å². The smallest absolute Gasteiger partial charge is 0.320 e. The third kappa shape index (κ3) is 6.19. The Morgan fingerprint density at radius 1 is 1.21 bits per heavy atom. The van der Waals surface area contributed by atoms with Crippen LogP contribution in [0.1, 0.15) is 54.1 Å². The molecule has 1 atom stereocenters. The quantitative estimate of drug-likeness (QED) is 0.351. The van der Waals surface area contributed by atoms with Gasteiger partial charge < -0.3 is 9.84 Å². The summed E-state index contributed by atoms with van der Waals surface area (Å²) >= 11 is 1.29. The summed E-state index contributed by atoms with van der Waals surface area (Å²) in [6.07, 6.45) is 3.19. The van der Waals surface area contributed by atoms with Crippen LogP contribution in [0.25, 0.3) is 10.6 Å². The molecule has 0 aliphatic carbocycles. The van der Waals surface area contributed by atoms with Gasteiger partial charge in [-0.3, -0.25) is 19.4 Å². The molecule has 0 radical (unpaired) electrons. The monoisotopic (exact) mass is 540 g/mol. The summed E-state index contributed by atoms with van der Waals surface area (Å²) in [4.78, 5) is 28.1. The molecular weight excluding hydrogens is 507 g/mol. The van der Waals surface area contributed by atoms with E-state index in [1.807, 2.05) is 37.8 Å². The standard InChI is InChI=1S/C28H33FN4O4S/c1-4-5-13-33(26(34)21-9-6-7-10-22(21)29)28-31-30-25(38-28)20-16-18(2)24(19(3)17-20)37-15-14-32-12-8-11-23(32)27(35)36/h6-7,9-10,16-17,23H,4-5,8,11-15H2,1-3H3,(H,35,36)/t23-/m0/s1. The van der Waals surface area contributed by atoms with Crippen LogP contribution < -0.4 is 9.64 Å². The number of likely N-dealkylation sites (tertiary alicyclic amines) is 1. The Labute approximate surface area is 226 Å². The van der Waals surface area contributed by atoms with Crippen molar-refractivity contribution < 1.29 is 23.8 Å². The molecule has 1 aliphatic rings. The molecule has 0 bridgehead atoms. The minimum absolute atomic E-state index is 0.0112. The molecule has 1 saturated heterocycles. The molecule has 8 nitrogen and oxygen atoms in total. The number of aryl methyl sites for hydroxylation is 2. The number of rotatable bonds is 11. The summed E-state index contributed by atoms with van der Waals surface area (Å²) in [6.45, 7) is 8.09. The predicted octanol–water partition coefficient (Wildman–Crippen LogP) is 5.34. The van der Waals surface area contributed by atoms with Crippen molar-refractivity contribution in [2.24, 2.45) is 0 Å². The van der Waals surface area contributed by atoms with Crippen LogP contribution in [0.15, 0.2) is 36.4 Å². The van der Waals surface area contributed by atoms with Gasteiger partial charge in [-0.05, 0) is 75.0 Å². The van der Waals surface area contributed by atoms with Crippen LogP contribution in [0.2, 0.25) is 0 Å². The average molecular weight is 541 g/mol. The summed E-state index contributed by atoms with van der Waals surface area (Å²) in [7, 11) is 0. The predicted molar refractivity (Wildman–Crippen MR) is 146 cm³/mol. The van der Waals surface area contributed by atoms with E-state index in [0.29, 0.717) is 36.3 Å². The number of carbonyl (C=O) groups is 2. The van der Waals surface area contributed by atoms with E-state index in [4.69, 9.17) is 4.74 Å². The van der Waals surface area contributed by atoms with Gasteiger partial charge in [-0.25, -0.2) is 4.39 Å². The maximum Gasteiger partial charge on any atom is 0.320 e. The van der Waals surface area contributed by atoms with E-state index in [0.717, 1.165) is 48.2 Å². The second kappa shape index (κ2) is 12.4. The van der Waals surface area contributed by atoms with Crippen LogP contribution in [0.5, 0.6) is 5.75 Å². The van der Waals surface area contributed by atoms with Crippen molar-refractivity contribution in [3.05, 3.63) is 58.9 Å². The molecule has 1 fully saturated rings. The molecule has 3 aromatic rings. The first-order valence-electron chi connectivity index (χ1n) is 12.9. The van der Waals surface area contributed by atoms with E-state index in [1.54, 1.807) is 12.1 Å². The van der Waals surface area contributed by atoms with Gasteiger partial charge in [0.05, 0.1) is 5.56 Å². The fourth-order valence-corrected chi connectivity index (χ4v) is 5.62. The summed E-state index contributed by atoms with van der Waals surface area (Å²) in [5, 5.41) is 19.1. The highest BCUT2D eigenvalue weighted by atomic mass is 32.1. The fourth-order valence-electron chi connectivity index (χ4n) is 4.76. The van der Waals surface area contributed by atoms with Crippen LogP contribution >= 0.6 is 11.3 Å². The Morgan fingerprint density at radius 3 is 2.63 bits per heavy atom. The van der Waals surface area contributed by atoms with Gasteiger partial charge in [-0.2, -0.15) is 0 Å². The number of benzene rings is 2. The van der Waals surface area contributed by atoms with Gasteiger partial charge in [0.25, 0.3) is 5.91 Å². The van der Waals surface area contributed by atoms with Crippen LogP contribution in [0.3, 0.4) is 0 Å². The van der Waals surface area contributed by atoms with Gasteiger partial charge in [0.15, 0.2) is 0 Å². The van der Waals surface area contributed by atoms with Gasteiger partial charge in [0.2, 0.25) is 5.13 Å². The van der Waals surface area contributed by atoms with E-state index in [9.17, 15) is 19.1 Å². The van der Waals surface area contributed by atoms with Crippen LogP contribution in [0.4, 0.5) is 9.52 Å². The van der Waals surface area contributed by atoms with E-state index in [1.165, 1.54) is 28.4 Å². The summed E-state index contributed by atoms with van der Waals surface area (Å²) in [5.74, 6) is -1.00. The number of carbonyl (C=O) groups excluding carboxylic acids is 1. The second-order valence-corrected chi connectivity index (χ2v) is 10.5. The lowest BCUT2D eigenvalue weighted by Crippen LogP contribution is -2.38. The van der Waals surface area contributed by atoms with Crippen molar-refractivity contribution in [3.63, 3.8) is 0 Å². The van der Waals surface area contributed by atoms with Crippen LogP contribution in [-0.4, -0.2) is 64.4 Å². The number of aromatic nitrogens is 2. The Kier molecular flexibility index (Phi) is 9.06. The van der Waals surface area contributed by atoms with Gasteiger partial charge in [0.1, 0.15) is 29.2 Å². The number of anilines is 1. The highest BCUT2D eigenvalue weighted by Crippen LogP contribution is 2.34. The molecular formula is C28H33FN4O4S. The summed E-state index contributed by atoms with van der Waals surface area (Å²) in [5.41, 5.74) is 2.73. The number of carboxylic acids is 1. The third-order valence-electron chi connectivity index (χ3n) is 6.71. The largest absolute Gasteiger partial charge is 0.492 e. The molecule has 38 heavy (non-hydrogen) atoms. The Balaban J connectivity index is 1.49. The second-order valence-electron chi connectivity index (χ2n) is 9.50. The lowest BCUT2D eigenvalue weighted by atomic mass is 10.1. The van der Waals surface area contributed by atoms with E-state index < -0.39 is 23.7 Å². The van der Waals surface area contributed by atoms with Crippen molar-refractivity contribution in [2.45, 2.75) is 52.5 Å². The number of nitrogens with zero attached hydrogens (tertiary/aromatic N) is 4. The summed E-state index contributed by atoms with van der Waals surface area (Å²) < 4.78 is 20.4. The highest BCUT2D eigenvalue weighted by molar-refractivity contribution is 7.18. The molecule has 1 aromatic heterocycles. The fraction of sp³-hybridized carbons (Fsp3) is 0.429. The maximum atomic E-state index is 14.3. The molecule has 10 heteroatoms. The summed E-state index contributed by atoms with van der Waals surface area (Å²) in [6, 6.07) is 9.47. The minimum atomic E-state index is -0.778. The molecule has 0 spiro atoms. The number of aliphatic carboxylic acids is 1. The number of carboxylic acid groups (broad SMARTS) is 1. The molecule has 4 rings (SSSR count). The number of halogens is 1. The number of hydrogen-bond donors (Lipinski definition) is 1. The van der Waals surface area contributed by atoms with Crippen molar-refractivity contribution >= 4 is 28.3 Å². The molecule has 202 valence electrons. The minimum Gasteiger partial charge on any atom is -0.492 e. The maximum absolute atomic E-state index is 14.3.